The molecule has 3 nitrogen and oxygen atoms in total. The smallest absolute Gasteiger partial charge is 0.150 e. The minimum Gasteiger partial charge on any atom is -0.382 e. The maximum atomic E-state index is 5.77. The topological polar surface area (TPSA) is 51.8 Å². The minimum absolute atomic E-state index is 0.446. The van der Waals surface area contributed by atoms with Gasteiger partial charge in [0.25, 0.3) is 0 Å². The fourth-order valence-electron chi connectivity index (χ4n) is 1.30. The number of benzene rings is 1. The number of nitrogens with zero attached hydrogens (tertiary/aromatic N) is 2. The van der Waals surface area contributed by atoms with Crippen LogP contribution in [0.15, 0.2) is 35.1 Å². The number of aryl methyl sites for hydroxylation is 1. The highest BCUT2D eigenvalue weighted by atomic mass is 79.9. The van der Waals surface area contributed by atoms with E-state index in [1.807, 2.05) is 31.2 Å². The maximum absolute atomic E-state index is 5.77. The summed E-state index contributed by atoms with van der Waals surface area (Å²) in [6.07, 6.45) is 1.59. The van der Waals surface area contributed by atoms with E-state index in [1.54, 1.807) is 6.20 Å². The molecule has 0 bridgehead atoms. The van der Waals surface area contributed by atoms with E-state index in [0.29, 0.717) is 16.1 Å². The van der Waals surface area contributed by atoms with Gasteiger partial charge in [-0.25, -0.2) is 9.97 Å². The summed E-state index contributed by atoms with van der Waals surface area (Å²) in [5.41, 5.74) is 8.66. The largest absolute Gasteiger partial charge is 0.382 e. The van der Waals surface area contributed by atoms with Crippen LogP contribution >= 0.6 is 15.9 Å². The van der Waals surface area contributed by atoms with Crippen molar-refractivity contribution in [2.24, 2.45) is 0 Å². The van der Waals surface area contributed by atoms with Crippen molar-refractivity contribution < 1.29 is 0 Å². The number of hydrogen-bond donors (Lipinski definition) is 1. The number of aromatic nitrogens is 2. The molecule has 2 rings (SSSR count). The van der Waals surface area contributed by atoms with Gasteiger partial charge in [0.05, 0.1) is 6.20 Å². The zero-order valence-corrected chi connectivity index (χ0v) is 9.82. The molecule has 1 aromatic heterocycles. The minimum atomic E-state index is 0.446. The molecule has 0 aliphatic rings. The van der Waals surface area contributed by atoms with E-state index in [1.165, 1.54) is 5.56 Å². The molecular weight excluding hydrogens is 254 g/mol. The zero-order chi connectivity index (χ0) is 10.8. The normalized spacial score (nSPS) is 10.3. The van der Waals surface area contributed by atoms with Gasteiger partial charge < -0.3 is 5.73 Å². The van der Waals surface area contributed by atoms with E-state index in [2.05, 4.69) is 25.9 Å². The highest BCUT2D eigenvalue weighted by molar-refractivity contribution is 9.10. The summed E-state index contributed by atoms with van der Waals surface area (Å²) in [6.45, 7) is 2.04. The van der Waals surface area contributed by atoms with E-state index in [9.17, 15) is 0 Å². The molecule has 0 amide bonds. The molecule has 0 spiro atoms. The SMILES string of the molecule is Cc1ccc(-c2nc(Br)cnc2N)cc1. The van der Waals surface area contributed by atoms with Crippen molar-refractivity contribution in [3.8, 4) is 11.3 Å². The molecule has 1 heterocycles. The first-order valence-electron chi connectivity index (χ1n) is 4.52. The van der Waals surface area contributed by atoms with Crippen molar-refractivity contribution in [3.05, 3.63) is 40.6 Å². The number of halogens is 1. The molecule has 0 radical (unpaired) electrons. The van der Waals surface area contributed by atoms with Gasteiger partial charge in [-0.05, 0) is 22.9 Å². The van der Waals surface area contributed by atoms with Crippen LogP contribution in [-0.4, -0.2) is 9.97 Å². The summed E-state index contributed by atoms with van der Waals surface area (Å²) in [4.78, 5) is 8.35. The summed E-state index contributed by atoms with van der Waals surface area (Å²) >= 11 is 3.28. The van der Waals surface area contributed by atoms with Crippen LogP contribution in [0.5, 0.6) is 0 Å². The van der Waals surface area contributed by atoms with Crippen LogP contribution in [0.3, 0.4) is 0 Å². The Morgan fingerprint density at radius 3 is 2.53 bits per heavy atom. The monoisotopic (exact) mass is 263 g/mol. The van der Waals surface area contributed by atoms with E-state index >= 15 is 0 Å². The molecule has 4 heteroatoms. The van der Waals surface area contributed by atoms with Crippen molar-refractivity contribution in [2.75, 3.05) is 5.73 Å². The fourth-order valence-corrected chi connectivity index (χ4v) is 1.58. The van der Waals surface area contributed by atoms with E-state index in [4.69, 9.17) is 5.73 Å². The summed E-state index contributed by atoms with van der Waals surface area (Å²) < 4.78 is 0.687. The quantitative estimate of drug-likeness (QED) is 0.861. The Balaban J connectivity index is 2.53. The van der Waals surface area contributed by atoms with Gasteiger partial charge in [0.15, 0.2) is 0 Å². The fraction of sp³-hybridized carbons (Fsp3) is 0.0909. The Kier molecular flexibility index (Phi) is 2.68. The van der Waals surface area contributed by atoms with Gasteiger partial charge in [0, 0.05) is 5.56 Å². The van der Waals surface area contributed by atoms with Crippen molar-refractivity contribution >= 4 is 21.7 Å². The molecule has 15 heavy (non-hydrogen) atoms. The van der Waals surface area contributed by atoms with Gasteiger partial charge in [0.2, 0.25) is 0 Å². The first-order valence-corrected chi connectivity index (χ1v) is 5.31. The van der Waals surface area contributed by atoms with Gasteiger partial charge in [-0.15, -0.1) is 0 Å². The van der Waals surface area contributed by atoms with Crippen LogP contribution in [-0.2, 0) is 0 Å². The van der Waals surface area contributed by atoms with E-state index in [-0.39, 0.29) is 0 Å². The number of nitrogen functional groups attached to an aromatic ring is 1. The van der Waals surface area contributed by atoms with Gasteiger partial charge in [-0.2, -0.15) is 0 Å². The van der Waals surface area contributed by atoms with E-state index in [0.717, 1.165) is 5.56 Å². The number of nitrogens with two attached hydrogens (primary N) is 1. The number of hydrogen-bond acceptors (Lipinski definition) is 3. The Morgan fingerprint density at radius 1 is 1.20 bits per heavy atom. The predicted molar refractivity (Wildman–Crippen MR) is 64.3 cm³/mol. The second kappa shape index (κ2) is 3.98. The predicted octanol–water partition coefficient (Wildman–Crippen LogP) is 2.80. The Labute approximate surface area is 96.5 Å². The second-order valence-electron chi connectivity index (χ2n) is 3.29. The standard InChI is InChI=1S/C11H10BrN3/c1-7-2-4-8(5-3-7)10-11(13)14-6-9(12)15-10/h2-6H,1H3,(H2,13,14). The highest BCUT2D eigenvalue weighted by Gasteiger charge is 2.05. The van der Waals surface area contributed by atoms with Gasteiger partial charge in [-0.3, -0.25) is 0 Å². The van der Waals surface area contributed by atoms with Crippen LogP contribution in [0.4, 0.5) is 5.82 Å². The van der Waals surface area contributed by atoms with Crippen LogP contribution < -0.4 is 5.73 Å². The molecular formula is C11H10BrN3. The van der Waals surface area contributed by atoms with Crippen molar-refractivity contribution in [2.45, 2.75) is 6.92 Å². The van der Waals surface area contributed by atoms with Crippen LogP contribution in [0, 0.1) is 6.92 Å². The highest BCUT2D eigenvalue weighted by Crippen LogP contribution is 2.23. The van der Waals surface area contributed by atoms with Crippen LogP contribution in [0.2, 0.25) is 0 Å². The van der Waals surface area contributed by atoms with Crippen molar-refractivity contribution in [1.82, 2.24) is 9.97 Å². The lowest BCUT2D eigenvalue weighted by molar-refractivity contribution is 1.18. The third-order valence-electron chi connectivity index (χ3n) is 2.10. The summed E-state index contributed by atoms with van der Waals surface area (Å²) in [5, 5.41) is 0. The summed E-state index contributed by atoms with van der Waals surface area (Å²) in [7, 11) is 0. The molecule has 0 aliphatic heterocycles. The number of anilines is 1. The lowest BCUT2D eigenvalue weighted by atomic mass is 10.1. The Hall–Kier alpha value is -1.42. The molecule has 0 aliphatic carbocycles. The van der Waals surface area contributed by atoms with Gasteiger partial charge >= 0.3 is 0 Å². The van der Waals surface area contributed by atoms with Crippen LogP contribution in [0.1, 0.15) is 5.56 Å². The maximum Gasteiger partial charge on any atom is 0.150 e. The molecule has 0 fully saturated rings. The van der Waals surface area contributed by atoms with Gasteiger partial charge in [0.1, 0.15) is 16.1 Å². The first kappa shape index (κ1) is 10.1. The van der Waals surface area contributed by atoms with E-state index < -0.39 is 0 Å². The Bertz CT molecular complexity index is 480. The Morgan fingerprint density at radius 2 is 1.87 bits per heavy atom. The molecule has 2 aromatic rings. The summed E-state index contributed by atoms with van der Waals surface area (Å²) in [6, 6.07) is 8.03. The van der Waals surface area contributed by atoms with Gasteiger partial charge in [-0.1, -0.05) is 29.8 Å². The van der Waals surface area contributed by atoms with Crippen molar-refractivity contribution in [1.29, 1.82) is 0 Å². The second-order valence-corrected chi connectivity index (χ2v) is 4.11. The molecule has 0 unspecified atom stereocenters. The molecule has 0 saturated carbocycles. The average molecular weight is 264 g/mol. The molecule has 0 saturated heterocycles. The lowest BCUT2D eigenvalue weighted by Gasteiger charge is -2.04. The molecule has 2 N–H and O–H groups in total. The molecule has 76 valence electrons. The first-order chi connectivity index (χ1) is 7.16. The summed E-state index contributed by atoms with van der Waals surface area (Å²) in [5.74, 6) is 0.446. The zero-order valence-electron chi connectivity index (χ0n) is 8.24. The lowest BCUT2D eigenvalue weighted by Crippen LogP contribution is -1.97. The average Bonchev–Trinajstić information content (AvgIpc) is 2.23. The third-order valence-corrected chi connectivity index (χ3v) is 2.48. The third kappa shape index (κ3) is 2.15. The number of rotatable bonds is 1. The molecule has 1 aromatic carbocycles. The van der Waals surface area contributed by atoms with Crippen LogP contribution in [0.25, 0.3) is 11.3 Å². The molecule has 0 atom stereocenters. The van der Waals surface area contributed by atoms with Crippen molar-refractivity contribution in [3.63, 3.8) is 0 Å².